The Hall–Kier alpha value is -0.850. The lowest BCUT2D eigenvalue weighted by Crippen LogP contribution is -2.47. The highest BCUT2D eigenvalue weighted by Crippen LogP contribution is 2.27. The number of hydrogen-bond donors (Lipinski definition) is 1. The fourth-order valence-corrected chi connectivity index (χ4v) is 3.79. The molecule has 2 heterocycles. The van der Waals surface area contributed by atoms with E-state index in [0.717, 1.165) is 64.5 Å². The van der Waals surface area contributed by atoms with Crippen molar-refractivity contribution in [2.75, 3.05) is 59.5 Å². The Kier molecular flexibility index (Phi) is 6.36. The van der Waals surface area contributed by atoms with Crippen LogP contribution in [0.1, 0.15) is 33.1 Å². The first-order valence-electron chi connectivity index (χ1n) is 9.76. The zero-order chi connectivity index (χ0) is 16.9. The topological polar surface area (TPSA) is 43.3 Å². The van der Waals surface area contributed by atoms with Crippen molar-refractivity contribution in [3.05, 3.63) is 0 Å². The van der Waals surface area contributed by atoms with Gasteiger partial charge in [-0.2, -0.15) is 0 Å². The van der Waals surface area contributed by atoms with Gasteiger partial charge in [0, 0.05) is 50.8 Å². The molecule has 0 aromatic heterocycles. The molecule has 24 heavy (non-hydrogen) atoms. The van der Waals surface area contributed by atoms with E-state index in [2.05, 4.69) is 40.9 Å². The molecule has 3 fully saturated rings. The average Bonchev–Trinajstić information content (AvgIpc) is 3.35. The molecule has 1 N–H and O–H groups in total. The minimum Gasteiger partial charge on any atom is -0.379 e. The third-order valence-electron chi connectivity index (χ3n) is 5.68. The fourth-order valence-electron chi connectivity index (χ4n) is 3.79. The number of likely N-dealkylation sites (N-methyl/N-ethyl adjacent to an activating group) is 1. The van der Waals surface area contributed by atoms with Crippen LogP contribution in [0.5, 0.6) is 0 Å². The highest BCUT2D eigenvalue weighted by atomic mass is 16.5. The van der Waals surface area contributed by atoms with Crippen molar-refractivity contribution < 1.29 is 4.74 Å². The van der Waals surface area contributed by atoms with Crippen LogP contribution in [0.15, 0.2) is 4.99 Å². The third kappa shape index (κ3) is 4.61. The maximum Gasteiger partial charge on any atom is 0.194 e. The molecule has 3 aliphatic rings. The normalized spacial score (nSPS) is 27.8. The summed E-state index contributed by atoms with van der Waals surface area (Å²) < 4.78 is 5.49. The summed E-state index contributed by atoms with van der Waals surface area (Å²) in [6.45, 7) is 12.4. The first-order valence-corrected chi connectivity index (χ1v) is 9.76. The van der Waals surface area contributed by atoms with Gasteiger partial charge in [0.15, 0.2) is 5.96 Å². The van der Waals surface area contributed by atoms with E-state index in [1.54, 1.807) is 0 Å². The van der Waals surface area contributed by atoms with E-state index in [1.807, 2.05) is 0 Å². The second-order valence-electron chi connectivity index (χ2n) is 7.48. The number of likely N-dealkylation sites (tertiary alicyclic amines) is 1. The number of morpholine rings is 1. The van der Waals surface area contributed by atoms with Gasteiger partial charge in [-0.1, -0.05) is 0 Å². The molecule has 1 saturated carbocycles. The molecule has 3 rings (SSSR count). The summed E-state index contributed by atoms with van der Waals surface area (Å²) in [6, 6.07) is 1.98. The predicted molar refractivity (Wildman–Crippen MR) is 98.6 cm³/mol. The molecular formula is C18H35N5O. The monoisotopic (exact) mass is 337 g/mol. The van der Waals surface area contributed by atoms with Crippen molar-refractivity contribution in [1.29, 1.82) is 0 Å². The number of nitrogens with one attached hydrogen (secondary N) is 1. The van der Waals surface area contributed by atoms with E-state index >= 15 is 0 Å². The summed E-state index contributed by atoms with van der Waals surface area (Å²) in [7, 11) is 2.25. The second-order valence-corrected chi connectivity index (χ2v) is 7.48. The van der Waals surface area contributed by atoms with E-state index < -0.39 is 0 Å². The SMILES string of the molecule is CCNC(=NCC(C)N(C)C1CC1)N1CCC(N2CCOCC2)C1. The van der Waals surface area contributed by atoms with Crippen LogP contribution >= 0.6 is 0 Å². The van der Waals surface area contributed by atoms with Crippen molar-refractivity contribution in [3.63, 3.8) is 0 Å². The van der Waals surface area contributed by atoms with Gasteiger partial charge in [0.25, 0.3) is 0 Å². The van der Waals surface area contributed by atoms with Crippen molar-refractivity contribution in [2.45, 2.75) is 51.2 Å². The molecule has 0 aromatic carbocycles. The average molecular weight is 338 g/mol. The lowest BCUT2D eigenvalue weighted by Gasteiger charge is -2.32. The highest BCUT2D eigenvalue weighted by molar-refractivity contribution is 5.80. The molecule has 0 amide bonds. The summed E-state index contributed by atoms with van der Waals surface area (Å²) in [5.41, 5.74) is 0. The van der Waals surface area contributed by atoms with Crippen LogP contribution in [0.4, 0.5) is 0 Å². The van der Waals surface area contributed by atoms with Crippen LogP contribution in [0.3, 0.4) is 0 Å². The maximum absolute atomic E-state index is 5.49. The summed E-state index contributed by atoms with van der Waals surface area (Å²) in [5.74, 6) is 1.10. The van der Waals surface area contributed by atoms with Crippen molar-refractivity contribution in [2.24, 2.45) is 4.99 Å². The number of hydrogen-bond acceptors (Lipinski definition) is 4. The van der Waals surface area contributed by atoms with E-state index in [-0.39, 0.29) is 0 Å². The predicted octanol–water partition coefficient (Wildman–Crippen LogP) is 0.841. The molecule has 0 bridgehead atoms. The number of guanidine groups is 1. The van der Waals surface area contributed by atoms with Crippen molar-refractivity contribution in [3.8, 4) is 0 Å². The molecule has 2 unspecified atom stereocenters. The van der Waals surface area contributed by atoms with Crippen LogP contribution in [-0.2, 0) is 4.74 Å². The Morgan fingerprint density at radius 2 is 2.00 bits per heavy atom. The van der Waals surface area contributed by atoms with Crippen molar-refractivity contribution in [1.82, 2.24) is 20.0 Å². The second kappa shape index (κ2) is 8.50. The Balaban J connectivity index is 1.53. The van der Waals surface area contributed by atoms with Gasteiger partial charge in [-0.05, 0) is 40.2 Å². The fraction of sp³-hybridized carbons (Fsp3) is 0.944. The Bertz CT molecular complexity index is 420. The van der Waals surface area contributed by atoms with Gasteiger partial charge in [-0.15, -0.1) is 0 Å². The van der Waals surface area contributed by atoms with E-state index in [4.69, 9.17) is 9.73 Å². The molecule has 6 heteroatoms. The van der Waals surface area contributed by atoms with Gasteiger partial charge >= 0.3 is 0 Å². The summed E-state index contributed by atoms with van der Waals surface area (Å²) in [4.78, 5) is 12.5. The van der Waals surface area contributed by atoms with Crippen LogP contribution in [0.25, 0.3) is 0 Å². The van der Waals surface area contributed by atoms with Gasteiger partial charge in [0.05, 0.1) is 19.8 Å². The summed E-state index contributed by atoms with van der Waals surface area (Å²) in [6.07, 6.45) is 3.96. The molecule has 2 saturated heterocycles. The highest BCUT2D eigenvalue weighted by Gasteiger charge is 2.31. The molecule has 6 nitrogen and oxygen atoms in total. The van der Waals surface area contributed by atoms with Gasteiger partial charge in [0.2, 0.25) is 0 Å². The summed E-state index contributed by atoms with van der Waals surface area (Å²) in [5, 5.41) is 3.50. The molecule has 2 aliphatic heterocycles. The number of nitrogens with zero attached hydrogens (tertiary/aromatic N) is 4. The van der Waals surface area contributed by atoms with E-state index in [1.165, 1.54) is 19.3 Å². The van der Waals surface area contributed by atoms with Gasteiger partial charge in [-0.25, -0.2) is 0 Å². The molecule has 0 aromatic rings. The minimum atomic E-state index is 0.517. The number of aliphatic imine (C=N–C) groups is 1. The Morgan fingerprint density at radius 1 is 1.25 bits per heavy atom. The van der Waals surface area contributed by atoms with Gasteiger partial charge in [-0.3, -0.25) is 14.8 Å². The quantitative estimate of drug-likeness (QED) is 0.575. The lowest BCUT2D eigenvalue weighted by atomic mass is 10.2. The molecule has 1 aliphatic carbocycles. The lowest BCUT2D eigenvalue weighted by molar-refractivity contribution is 0.0195. The standard InChI is InChI=1S/C18H35N5O/c1-4-19-18(20-13-15(2)21(3)16-5-6-16)23-8-7-17(14-23)22-9-11-24-12-10-22/h15-17H,4-14H2,1-3H3,(H,19,20). The van der Waals surface area contributed by atoms with E-state index in [9.17, 15) is 0 Å². The molecule has 0 radical (unpaired) electrons. The van der Waals surface area contributed by atoms with E-state index in [0.29, 0.717) is 12.1 Å². The number of ether oxygens (including phenoxy) is 1. The van der Waals surface area contributed by atoms with Crippen molar-refractivity contribution >= 4 is 5.96 Å². The molecular weight excluding hydrogens is 302 g/mol. The van der Waals surface area contributed by atoms with Crippen LogP contribution in [-0.4, -0.2) is 98.3 Å². The van der Waals surface area contributed by atoms with Gasteiger partial charge in [0.1, 0.15) is 0 Å². The number of rotatable bonds is 6. The van der Waals surface area contributed by atoms with Crippen LogP contribution < -0.4 is 5.32 Å². The van der Waals surface area contributed by atoms with Gasteiger partial charge < -0.3 is 15.0 Å². The zero-order valence-corrected chi connectivity index (χ0v) is 15.7. The Morgan fingerprint density at radius 3 is 2.67 bits per heavy atom. The zero-order valence-electron chi connectivity index (χ0n) is 15.7. The van der Waals surface area contributed by atoms with Crippen LogP contribution in [0, 0.1) is 0 Å². The first-order chi connectivity index (χ1) is 11.7. The Labute approximate surface area is 147 Å². The van der Waals surface area contributed by atoms with Crippen LogP contribution in [0.2, 0.25) is 0 Å². The largest absolute Gasteiger partial charge is 0.379 e. The first kappa shape index (κ1) is 18.0. The minimum absolute atomic E-state index is 0.517. The molecule has 0 spiro atoms. The summed E-state index contributed by atoms with van der Waals surface area (Å²) >= 11 is 0. The molecule has 138 valence electrons. The molecule has 2 atom stereocenters. The maximum atomic E-state index is 5.49. The third-order valence-corrected chi connectivity index (χ3v) is 5.68. The smallest absolute Gasteiger partial charge is 0.194 e.